The lowest BCUT2D eigenvalue weighted by Gasteiger charge is -2.34. The van der Waals surface area contributed by atoms with E-state index in [0.29, 0.717) is 30.7 Å². The third-order valence-electron chi connectivity index (χ3n) is 3.80. The molecule has 0 aromatic heterocycles. The van der Waals surface area contributed by atoms with Crippen LogP contribution in [0.2, 0.25) is 5.02 Å². The Kier molecular flexibility index (Phi) is 5.83. The van der Waals surface area contributed by atoms with Crippen molar-refractivity contribution in [3.8, 4) is 0 Å². The van der Waals surface area contributed by atoms with Crippen LogP contribution in [0.5, 0.6) is 0 Å². The molecule has 1 aliphatic heterocycles. The minimum absolute atomic E-state index is 0.0327. The van der Waals surface area contributed by atoms with Crippen LogP contribution in [0.25, 0.3) is 0 Å². The molecular weight excluding hydrogens is 274 g/mol. The predicted molar refractivity (Wildman–Crippen MR) is 81.6 cm³/mol. The molecule has 1 aromatic rings. The van der Waals surface area contributed by atoms with E-state index in [-0.39, 0.29) is 5.91 Å². The lowest BCUT2D eigenvalue weighted by molar-refractivity contribution is -0.123. The highest BCUT2D eigenvalue weighted by Gasteiger charge is 2.22. The van der Waals surface area contributed by atoms with E-state index < -0.39 is 0 Å². The summed E-state index contributed by atoms with van der Waals surface area (Å²) in [6, 6.07) is 7.90. The van der Waals surface area contributed by atoms with Gasteiger partial charge >= 0.3 is 0 Å². The van der Waals surface area contributed by atoms with Crippen LogP contribution >= 0.6 is 11.6 Å². The van der Waals surface area contributed by atoms with Gasteiger partial charge in [0.15, 0.2) is 0 Å². The first-order valence-corrected chi connectivity index (χ1v) is 7.52. The van der Waals surface area contributed by atoms with E-state index in [9.17, 15) is 4.79 Å². The first-order chi connectivity index (χ1) is 9.70. The summed E-state index contributed by atoms with van der Waals surface area (Å²) in [4.78, 5) is 14.2. The number of piperidine rings is 1. The third kappa shape index (κ3) is 4.20. The Morgan fingerprint density at radius 2 is 2.20 bits per heavy atom. The van der Waals surface area contributed by atoms with Crippen LogP contribution in [0, 0.1) is 0 Å². The monoisotopic (exact) mass is 295 g/mol. The molecule has 5 heteroatoms. The van der Waals surface area contributed by atoms with Crippen molar-refractivity contribution in [2.24, 2.45) is 5.73 Å². The Bertz CT molecular complexity index is 452. The SMILES string of the molecule is NCC1CCCCN1CC(=O)NCc1ccccc1Cl. The van der Waals surface area contributed by atoms with Gasteiger partial charge in [0, 0.05) is 24.2 Å². The zero-order valence-electron chi connectivity index (χ0n) is 11.6. The van der Waals surface area contributed by atoms with Gasteiger partial charge in [0.25, 0.3) is 0 Å². The highest BCUT2D eigenvalue weighted by atomic mass is 35.5. The summed E-state index contributed by atoms with van der Waals surface area (Å²) >= 11 is 6.07. The van der Waals surface area contributed by atoms with Crippen molar-refractivity contribution >= 4 is 17.5 Å². The van der Waals surface area contributed by atoms with Gasteiger partial charge in [-0.2, -0.15) is 0 Å². The summed E-state index contributed by atoms with van der Waals surface area (Å²) in [6.07, 6.45) is 3.45. The molecule has 0 aliphatic carbocycles. The van der Waals surface area contributed by atoms with Crippen LogP contribution in [0.3, 0.4) is 0 Å². The lowest BCUT2D eigenvalue weighted by Crippen LogP contribution is -2.48. The van der Waals surface area contributed by atoms with Gasteiger partial charge in [0.1, 0.15) is 0 Å². The van der Waals surface area contributed by atoms with Gasteiger partial charge in [-0.05, 0) is 31.0 Å². The molecule has 3 N–H and O–H groups in total. The van der Waals surface area contributed by atoms with Crippen LogP contribution in [-0.4, -0.2) is 36.5 Å². The molecule has 1 aliphatic rings. The second-order valence-electron chi connectivity index (χ2n) is 5.22. The highest BCUT2D eigenvalue weighted by molar-refractivity contribution is 6.31. The number of nitrogens with one attached hydrogen (secondary N) is 1. The van der Waals surface area contributed by atoms with E-state index in [1.54, 1.807) is 0 Å². The molecule has 110 valence electrons. The van der Waals surface area contributed by atoms with Crippen molar-refractivity contribution in [2.75, 3.05) is 19.6 Å². The summed E-state index contributed by atoms with van der Waals surface area (Å²) < 4.78 is 0. The number of carbonyl (C=O) groups excluding carboxylic acids is 1. The van der Waals surface area contributed by atoms with Crippen LogP contribution in [-0.2, 0) is 11.3 Å². The Balaban J connectivity index is 1.82. The van der Waals surface area contributed by atoms with Crippen molar-refractivity contribution in [3.05, 3.63) is 34.9 Å². The van der Waals surface area contributed by atoms with Crippen molar-refractivity contribution in [1.82, 2.24) is 10.2 Å². The lowest BCUT2D eigenvalue weighted by atomic mass is 10.0. The fourth-order valence-electron chi connectivity index (χ4n) is 2.61. The molecule has 2 rings (SSSR count). The Labute approximate surface area is 125 Å². The van der Waals surface area contributed by atoms with E-state index in [0.717, 1.165) is 24.9 Å². The van der Waals surface area contributed by atoms with E-state index in [1.165, 1.54) is 6.42 Å². The van der Waals surface area contributed by atoms with E-state index in [4.69, 9.17) is 17.3 Å². The zero-order chi connectivity index (χ0) is 14.4. The van der Waals surface area contributed by atoms with Gasteiger partial charge in [0.2, 0.25) is 5.91 Å². The van der Waals surface area contributed by atoms with Crippen LogP contribution in [0.15, 0.2) is 24.3 Å². The molecule has 1 saturated heterocycles. The van der Waals surface area contributed by atoms with Gasteiger partial charge < -0.3 is 11.1 Å². The number of halogens is 1. The van der Waals surface area contributed by atoms with E-state index in [2.05, 4.69) is 10.2 Å². The smallest absolute Gasteiger partial charge is 0.234 e. The van der Waals surface area contributed by atoms with Crippen molar-refractivity contribution in [3.63, 3.8) is 0 Å². The Morgan fingerprint density at radius 1 is 1.40 bits per heavy atom. The fourth-order valence-corrected chi connectivity index (χ4v) is 2.81. The maximum absolute atomic E-state index is 12.0. The van der Waals surface area contributed by atoms with Gasteiger partial charge in [-0.15, -0.1) is 0 Å². The first-order valence-electron chi connectivity index (χ1n) is 7.15. The standard InChI is InChI=1S/C15H22ClN3O/c16-14-7-2-1-5-12(14)10-18-15(20)11-19-8-4-3-6-13(19)9-17/h1-2,5,7,13H,3-4,6,8-11,17H2,(H,18,20). The highest BCUT2D eigenvalue weighted by Crippen LogP contribution is 2.16. The number of nitrogens with two attached hydrogens (primary N) is 1. The van der Waals surface area contributed by atoms with Crippen molar-refractivity contribution in [1.29, 1.82) is 0 Å². The van der Waals surface area contributed by atoms with Gasteiger partial charge in [-0.25, -0.2) is 0 Å². The quantitative estimate of drug-likeness (QED) is 0.870. The molecule has 0 radical (unpaired) electrons. The number of nitrogens with zero attached hydrogens (tertiary/aromatic N) is 1. The molecule has 0 spiro atoms. The molecule has 0 saturated carbocycles. The van der Waals surface area contributed by atoms with Gasteiger partial charge in [0.05, 0.1) is 6.54 Å². The van der Waals surface area contributed by atoms with Crippen LogP contribution in [0.1, 0.15) is 24.8 Å². The molecule has 0 bridgehead atoms. The van der Waals surface area contributed by atoms with Crippen LogP contribution in [0.4, 0.5) is 0 Å². The molecular formula is C15H22ClN3O. The molecule has 20 heavy (non-hydrogen) atoms. The molecule has 1 unspecified atom stereocenters. The fraction of sp³-hybridized carbons (Fsp3) is 0.533. The van der Waals surface area contributed by atoms with Gasteiger partial charge in [-0.1, -0.05) is 36.2 Å². The number of benzene rings is 1. The number of rotatable bonds is 5. The molecule has 1 aromatic carbocycles. The minimum Gasteiger partial charge on any atom is -0.351 e. The predicted octanol–water partition coefficient (Wildman–Crippen LogP) is 1.77. The van der Waals surface area contributed by atoms with Crippen molar-refractivity contribution < 1.29 is 4.79 Å². The molecule has 4 nitrogen and oxygen atoms in total. The number of likely N-dealkylation sites (tertiary alicyclic amines) is 1. The second-order valence-corrected chi connectivity index (χ2v) is 5.63. The molecule has 1 fully saturated rings. The average Bonchev–Trinajstić information content (AvgIpc) is 2.47. The van der Waals surface area contributed by atoms with Crippen LogP contribution < -0.4 is 11.1 Å². The normalized spacial score (nSPS) is 19.8. The average molecular weight is 296 g/mol. The molecule has 1 heterocycles. The van der Waals surface area contributed by atoms with E-state index in [1.807, 2.05) is 24.3 Å². The van der Waals surface area contributed by atoms with Crippen molar-refractivity contribution in [2.45, 2.75) is 31.8 Å². The Hall–Kier alpha value is -1.10. The largest absolute Gasteiger partial charge is 0.351 e. The minimum atomic E-state index is 0.0327. The summed E-state index contributed by atoms with van der Waals surface area (Å²) in [5, 5.41) is 3.61. The summed E-state index contributed by atoms with van der Waals surface area (Å²) in [6.45, 7) is 2.48. The topological polar surface area (TPSA) is 58.4 Å². The molecule has 1 amide bonds. The maximum atomic E-state index is 12.0. The third-order valence-corrected chi connectivity index (χ3v) is 4.17. The zero-order valence-corrected chi connectivity index (χ0v) is 12.4. The summed E-state index contributed by atoms with van der Waals surface area (Å²) in [7, 11) is 0. The summed E-state index contributed by atoms with van der Waals surface area (Å²) in [5.74, 6) is 0.0327. The number of hydrogen-bond donors (Lipinski definition) is 2. The maximum Gasteiger partial charge on any atom is 0.234 e. The number of hydrogen-bond acceptors (Lipinski definition) is 3. The van der Waals surface area contributed by atoms with Gasteiger partial charge in [-0.3, -0.25) is 9.69 Å². The Morgan fingerprint density at radius 3 is 2.95 bits per heavy atom. The molecule has 1 atom stereocenters. The first kappa shape index (κ1) is 15.3. The second kappa shape index (κ2) is 7.62. The van der Waals surface area contributed by atoms with E-state index >= 15 is 0 Å². The summed E-state index contributed by atoms with van der Waals surface area (Å²) in [5.41, 5.74) is 6.70. The number of amides is 1. The number of carbonyl (C=O) groups is 1.